The summed E-state index contributed by atoms with van der Waals surface area (Å²) in [6.45, 7) is 3.46. The van der Waals surface area contributed by atoms with E-state index in [1.807, 2.05) is 6.07 Å². The zero-order chi connectivity index (χ0) is 13.9. The number of benzene rings is 1. The number of ether oxygens (including phenoxy) is 2. The maximum atomic E-state index is 5.89. The predicted molar refractivity (Wildman–Crippen MR) is 76.2 cm³/mol. The van der Waals surface area contributed by atoms with Crippen LogP contribution in [0.3, 0.4) is 0 Å². The van der Waals surface area contributed by atoms with E-state index in [-0.39, 0.29) is 30.3 Å². The molecule has 3 nitrogen and oxygen atoms in total. The highest BCUT2D eigenvalue weighted by molar-refractivity contribution is 5.22. The summed E-state index contributed by atoms with van der Waals surface area (Å²) in [4.78, 5) is 0. The van der Waals surface area contributed by atoms with Crippen LogP contribution in [0.2, 0.25) is 0 Å². The molecular weight excluding hydrogens is 377 g/mol. The van der Waals surface area contributed by atoms with Crippen molar-refractivity contribution < 1.29 is 38.0 Å². The summed E-state index contributed by atoms with van der Waals surface area (Å²) in [6, 6.07) is 14.5. The van der Waals surface area contributed by atoms with Gasteiger partial charge in [0.15, 0.2) is 18.2 Å². The van der Waals surface area contributed by atoms with Gasteiger partial charge in [-0.1, -0.05) is 35.9 Å². The van der Waals surface area contributed by atoms with Gasteiger partial charge in [0.2, 0.25) is 0 Å². The summed E-state index contributed by atoms with van der Waals surface area (Å²) < 4.78 is 13.9. The fourth-order valence-corrected chi connectivity index (χ4v) is 2.55. The van der Waals surface area contributed by atoms with Crippen LogP contribution in [0.15, 0.2) is 48.7 Å². The molecule has 2 aromatic rings. The van der Waals surface area contributed by atoms with Crippen molar-refractivity contribution in [2.24, 2.45) is 7.05 Å². The summed E-state index contributed by atoms with van der Waals surface area (Å²) >= 11 is 0. The molecule has 1 fully saturated rings. The maximum Gasteiger partial charge on any atom is 0.188 e. The molecule has 1 aliphatic heterocycles. The number of nitrogens with zero attached hydrogens (tertiary/aromatic N) is 1. The minimum Gasteiger partial charge on any atom is -1.00 e. The Morgan fingerprint density at radius 3 is 2.29 bits per heavy atom. The average Bonchev–Trinajstić information content (AvgIpc) is 2.49. The molecule has 0 amide bonds. The second-order valence-corrected chi connectivity index (χ2v) is 5.34. The highest BCUT2D eigenvalue weighted by atomic mass is 127. The Hall–Kier alpha value is -0.980. The minimum absolute atomic E-state index is 0. The molecule has 0 saturated carbocycles. The molecule has 1 aliphatic rings. The quantitative estimate of drug-likeness (QED) is 0.511. The molecule has 0 radical (unpaired) electrons. The van der Waals surface area contributed by atoms with Crippen molar-refractivity contribution >= 4 is 0 Å². The molecule has 0 unspecified atom stereocenters. The molecule has 3 rings (SSSR count). The summed E-state index contributed by atoms with van der Waals surface area (Å²) in [7, 11) is 2.06. The van der Waals surface area contributed by atoms with Crippen molar-refractivity contribution in [3.8, 4) is 0 Å². The summed E-state index contributed by atoms with van der Waals surface area (Å²) in [6.07, 6.45) is 1.82. The summed E-state index contributed by atoms with van der Waals surface area (Å²) in [5.41, 5.74) is 3.58. The normalized spacial score (nSPS) is 21.6. The zero-order valence-electron chi connectivity index (χ0n) is 12.3. The van der Waals surface area contributed by atoms with E-state index in [2.05, 4.69) is 61.1 Å². The van der Waals surface area contributed by atoms with E-state index in [0.717, 1.165) is 5.56 Å². The van der Waals surface area contributed by atoms with E-state index in [0.29, 0.717) is 19.1 Å². The Bertz CT molecular complexity index is 578. The number of pyridine rings is 1. The van der Waals surface area contributed by atoms with Crippen LogP contribution < -0.4 is 28.5 Å². The Morgan fingerprint density at radius 1 is 1.00 bits per heavy atom. The minimum atomic E-state index is -0.235. The topological polar surface area (TPSA) is 22.3 Å². The first-order chi connectivity index (χ1) is 9.74. The van der Waals surface area contributed by atoms with E-state index >= 15 is 0 Å². The first-order valence-corrected chi connectivity index (χ1v) is 6.98. The van der Waals surface area contributed by atoms with Crippen LogP contribution in [0.25, 0.3) is 0 Å². The van der Waals surface area contributed by atoms with Crippen molar-refractivity contribution in [1.82, 2.24) is 0 Å². The lowest BCUT2D eigenvalue weighted by Crippen LogP contribution is -3.00. The number of aryl methyl sites for hydroxylation is 2. The third kappa shape index (κ3) is 3.81. The van der Waals surface area contributed by atoms with Crippen molar-refractivity contribution in [2.45, 2.75) is 19.1 Å². The number of aromatic nitrogens is 1. The van der Waals surface area contributed by atoms with Crippen LogP contribution in [0.5, 0.6) is 0 Å². The van der Waals surface area contributed by atoms with Gasteiger partial charge in [-0.15, -0.1) is 0 Å². The molecule has 0 N–H and O–H groups in total. The molecule has 112 valence electrons. The van der Waals surface area contributed by atoms with Crippen LogP contribution in [-0.4, -0.2) is 13.2 Å². The van der Waals surface area contributed by atoms with E-state index in [4.69, 9.17) is 9.47 Å². The van der Waals surface area contributed by atoms with E-state index in [1.165, 1.54) is 11.3 Å². The molecule has 0 bridgehead atoms. The smallest absolute Gasteiger partial charge is 0.188 e. The van der Waals surface area contributed by atoms with E-state index in [1.54, 1.807) is 0 Å². The molecule has 21 heavy (non-hydrogen) atoms. The van der Waals surface area contributed by atoms with Gasteiger partial charge >= 0.3 is 0 Å². The number of hydrogen-bond acceptors (Lipinski definition) is 2. The molecule has 0 atom stereocenters. The summed E-state index contributed by atoms with van der Waals surface area (Å²) in [5.74, 6) is 0.294. The second-order valence-electron chi connectivity index (χ2n) is 5.34. The molecule has 0 spiro atoms. The molecule has 0 aliphatic carbocycles. The Kier molecular flexibility index (Phi) is 5.72. The van der Waals surface area contributed by atoms with Crippen molar-refractivity contribution in [3.63, 3.8) is 0 Å². The lowest BCUT2D eigenvalue weighted by atomic mass is 10.1. The van der Waals surface area contributed by atoms with Gasteiger partial charge in [-0.25, -0.2) is 4.57 Å². The largest absolute Gasteiger partial charge is 1.00 e. The van der Waals surface area contributed by atoms with Gasteiger partial charge in [0.05, 0.1) is 19.1 Å². The highest BCUT2D eigenvalue weighted by Crippen LogP contribution is 2.28. The third-order valence-electron chi connectivity index (χ3n) is 3.76. The van der Waals surface area contributed by atoms with Crippen LogP contribution in [0.1, 0.15) is 29.0 Å². The summed E-state index contributed by atoms with van der Waals surface area (Å²) in [5, 5.41) is 0. The van der Waals surface area contributed by atoms with E-state index < -0.39 is 0 Å². The van der Waals surface area contributed by atoms with Gasteiger partial charge in [0.1, 0.15) is 7.05 Å². The number of halogens is 1. The molecule has 1 aromatic heterocycles. The van der Waals surface area contributed by atoms with Gasteiger partial charge in [0.25, 0.3) is 0 Å². The standard InChI is InChI=1S/C17H20NO2.HI/c1-13-6-8-14(9-7-13)17-19-11-15(12-20-17)16-5-3-4-10-18(16)2;/h3-10,15,17H,11-12H2,1-2H3;1H/q+1;/p-1. The Balaban J connectivity index is 0.00000161. The van der Waals surface area contributed by atoms with Crippen LogP contribution in [-0.2, 0) is 16.5 Å². The van der Waals surface area contributed by atoms with Crippen molar-refractivity contribution in [3.05, 3.63) is 65.5 Å². The maximum absolute atomic E-state index is 5.89. The SMILES string of the molecule is Cc1ccc(C2OCC(c3cccc[n+]3C)CO2)cc1.[I-]. The van der Waals surface area contributed by atoms with Gasteiger partial charge < -0.3 is 33.5 Å². The Labute approximate surface area is 142 Å². The van der Waals surface area contributed by atoms with Crippen LogP contribution in [0, 0.1) is 6.92 Å². The fraction of sp³-hybridized carbons (Fsp3) is 0.353. The molecule has 1 aromatic carbocycles. The van der Waals surface area contributed by atoms with Crippen LogP contribution in [0.4, 0.5) is 0 Å². The van der Waals surface area contributed by atoms with Crippen molar-refractivity contribution in [2.75, 3.05) is 13.2 Å². The zero-order valence-corrected chi connectivity index (χ0v) is 14.5. The second kappa shape index (κ2) is 7.33. The number of hydrogen-bond donors (Lipinski definition) is 0. The fourth-order valence-electron chi connectivity index (χ4n) is 2.55. The van der Waals surface area contributed by atoms with Gasteiger partial charge in [-0.3, -0.25) is 0 Å². The van der Waals surface area contributed by atoms with Gasteiger partial charge in [-0.2, -0.15) is 0 Å². The highest BCUT2D eigenvalue weighted by Gasteiger charge is 2.28. The van der Waals surface area contributed by atoms with Crippen molar-refractivity contribution in [1.29, 1.82) is 0 Å². The third-order valence-corrected chi connectivity index (χ3v) is 3.76. The number of rotatable bonds is 2. The van der Waals surface area contributed by atoms with E-state index in [9.17, 15) is 0 Å². The molecular formula is C17H20INO2. The van der Waals surface area contributed by atoms with Gasteiger partial charge in [-0.05, 0) is 6.92 Å². The first kappa shape index (κ1) is 16.4. The molecule has 2 heterocycles. The first-order valence-electron chi connectivity index (χ1n) is 6.98. The predicted octanol–water partition coefficient (Wildman–Crippen LogP) is -0.347. The molecule has 4 heteroatoms. The monoisotopic (exact) mass is 397 g/mol. The Morgan fingerprint density at radius 2 is 1.67 bits per heavy atom. The molecule has 1 saturated heterocycles. The van der Waals surface area contributed by atoms with Crippen LogP contribution >= 0.6 is 0 Å². The lowest BCUT2D eigenvalue weighted by Gasteiger charge is -2.28. The lowest BCUT2D eigenvalue weighted by molar-refractivity contribution is -0.681. The van der Waals surface area contributed by atoms with Gasteiger partial charge in [0, 0.05) is 17.7 Å². The average molecular weight is 397 g/mol.